The second kappa shape index (κ2) is 8.22. The molecule has 0 unspecified atom stereocenters. The number of hydrogen-bond donors (Lipinski definition) is 1. The van der Waals surface area contributed by atoms with Crippen LogP contribution in [-0.2, 0) is 25.6 Å². The third-order valence-corrected chi connectivity index (χ3v) is 5.36. The first-order valence-corrected chi connectivity index (χ1v) is 10.4. The molecule has 1 aromatic carbocycles. The van der Waals surface area contributed by atoms with E-state index in [-0.39, 0.29) is 23.8 Å². The number of Topliss-reactive ketones (excluding diaryl/α,β-unsaturated/α-hetero) is 1. The summed E-state index contributed by atoms with van der Waals surface area (Å²) in [5, 5.41) is 0.847. The molecule has 4 heterocycles. The predicted octanol–water partition coefficient (Wildman–Crippen LogP) is 3.17. The summed E-state index contributed by atoms with van der Waals surface area (Å²) >= 11 is 0. The SMILES string of the molecule is CCOC(=O)C1=C(N2CCOc3ccccc3C2)O/C(=C\c2c[nH]c3ncccc23)C1=O. The summed E-state index contributed by atoms with van der Waals surface area (Å²) in [4.78, 5) is 35.1. The molecule has 32 heavy (non-hydrogen) atoms. The number of hydrogen-bond acceptors (Lipinski definition) is 7. The first-order chi connectivity index (χ1) is 15.7. The van der Waals surface area contributed by atoms with Crippen LogP contribution in [0.2, 0.25) is 0 Å². The molecular weight excluding hydrogens is 410 g/mol. The molecular formula is C24H21N3O5. The standard InChI is InChI=1S/C24H21N3O5/c1-2-30-24(29)20-21(28)19(12-16-13-26-22-17(16)7-5-9-25-22)32-23(20)27-10-11-31-18-8-4-3-6-15(18)14-27/h3-9,12-13H,2,10-11,14H2,1H3,(H,25,26)/b19-12-. The largest absolute Gasteiger partial charge is 0.491 e. The van der Waals surface area contributed by atoms with Crippen molar-refractivity contribution in [3.63, 3.8) is 0 Å². The van der Waals surface area contributed by atoms with Crippen molar-refractivity contribution in [2.75, 3.05) is 19.8 Å². The van der Waals surface area contributed by atoms with Crippen LogP contribution in [0.15, 0.2) is 66.0 Å². The van der Waals surface area contributed by atoms with E-state index in [1.807, 2.05) is 41.3 Å². The molecule has 8 nitrogen and oxygen atoms in total. The quantitative estimate of drug-likeness (QED) is 0.385. The van der Waals surface area contributed by atoms with Crippen LogP contribution in [0.5, 0.6) is 5.75 Å². The summed E-state index contributed by atoms with van der Waals surface area (Å²) in [6, 6.07) is 11.4. The molecule has 0 bridgehead atoms. The number of ketones is 1. The van der Waals surface area contributed by atoms with E-state index in [1.54, 1.807) is 25.4 Å². The van der Waals surface area contributed by atoms with Gasteiger partial charge in [0, 0.05) is 35.5 Å². The Hall–Kier alpha value is -4.07. The van der Waals surface area contributed by atoms with Crippen molar-refractivity contribution in [2.45, 2.75) is 13.5 Å². The molecule has 2 aliphatic rings. The Kier molecular flexibility index (Phi) is 5.10. The van der Waals surface area contributed by atoms with Crippen molar-refractivity contribution in [3.8, 4) is 5.75 Å². The zero-order valence-electron chi connectivity index (χ0n) is 17.5. The normalized spacial score (nSPS) is 17.2. The zero-order chi connectivity index (χ0) is 22.1. The third kappa shape index (κ3) is 3.49. The van der Waals surface area contributed by atoms with Gasteiger partial charge in [-0.25, -0.2) is 9.78 Å². The highest BCUT2D eigenvalue weighted by molar-refractivity contribution is 6.26. The second-order valence-electron chi connectivity index (χ2n) is 7.36. The van der Waals surface area contributed by atoms with E-state index < -0.39 is 11.8 Å². The third-order valence-electron chi connectivity index (χ3n) is 5.36. The van der Waals surface area contributed by atoms with Crippen LogP contribution in [0, 0.1) is 0 Å². The number of carbonyl (C=O) groups excluding carboxylic acids is 2. The monoisotopic (exact) mass is 431 g/mol. The highest BCUT2D eigenvalue weighted by atomic mass is 16.5. The number of nitrogens with one attached hydrogen (secondary N) is 1. The average molecular weight is 431 g/mol. The lowest BCUT2D eigenvalue weighted by atomic mass is 10.1. The number of allylic oxidation sites excluding steroid dienone is 1. The van der Waals surface area contributed by atoms with E-state index in [1.165, 1.54) is 0 Å². The van der Waals surface area contributed by atoms with Gasteiger partial charge >= 0.3 is 5.97 Å². The minimum Gasteiger partial charge on any atom is -0.491 e. The van der Waals surface area contributed by atoms with Crippen molar-refractivity contribution < 1.29 is 23.8 Å². The Labute approximate surface area is 184 Å². The minimum atomic E-state index is -0.699. The van der Waals surface area contributed by atoms with Crippen LogP contribution in [0.3, 0.4) is 0 Å². The average Bonchev–Trinajstić information content (AvgIpc) is 3.27. The maximum Gasteiger partial charge on any atom is 0.347 e. The Balaban J connectivity index is 1.53. The summed E-state index contributed by atoms with van der Waals surface area (Å²) in [6.45, 7) is 3.13. The molecule has 2 aromatic heterocycles. The molecule has 3 aromatic rings. The van der Waals surface area contributed by atoms with Gasteiger partial charge in [-0.2, -0.15) is 0 Å². The molecule has 0 spiro atoms. The summed E-state index contributed by atoms with van der Waals surface area (Å²) in [6.07, 6.45) is 5.06. The number of pyridine rings is 1. The minimum absolute atomic E-state index is 0.0613. The molecule has 1 N–H and O–H groups in total. The van der Waals surface area contributed by atoms with Crippen molar-refractivity contribution >= 4 is 28.9 Å². The van der Waals surface area contributed by atoms with Crippen molar-refractivity contribution in [3.05, 3.63) is 77.1 Å². The first-order valence-electron chi connectivity index (χ1n) is 10.4. The molecule has 0 fully saturated rings. The smallest absolute Gasteiger partial charge is 0.347 e. The van der Waals surface area contributed by atoms with Gasteiger partial charge in [-0.1, -0.05) is 18.2 Å². The number of benzene rings is 1. The number of aromatic nitrogens is 2. The van der Waals surface area contributed by atoms with Crippen LogP contribution in [0.25, 0.3) is 17.1 Å². The van der Waals surface area contributed by atoms with Crippen LogP contribution in [-0.4, -0.2) is 46.4 Å². The van der Waals surface area contributed by atoms with Gasteiger partial charge in [-0.05, 0) is 31.2 Å². The number of aromatic amines is 1. The number of nitrogens with zero attached hydrogens (tertiary/aromatic N) is 2. The van der Waals surface area contributed by atoms with Gasteiger partial charge in [0.25, 0.3) is 0 Å². The van der Waals surface area contributed by atoms with Gasteiger partial charge in [0.15, 0.2) is 11.3 Å². The van der Waals surface area contributed by atoms with Gasteiger partial charge in [0.05, 0.1) is 13.2 Å². The van der Waals surface area contributed by atoms with Crippen molar-refractivity contribution in [1.82, 2.24) is 14.9 Å². The molecule has 0 amide bonds. The maximum atomic E-state index is 13.2. The van der Waals surface area contributed by atoms with Gasteiger partial charge in [-0.15, -0.1) is 0 Å². The summed E-state index contributed by atoms with van der Waals surface area (Å²) in [5.41, 5.74) is 2.28. The zero-order valence-corrected chi connectivity index (χ0v) is 17.5. The van der Waals surface area contributed by atoms with Crippen LogP contribution < -0.4 is 4.74 Å². The van der Waals surface area contributed by atoms with E-state index in [2.05, 4.69) is 9.97 Å². The van der Waals surface area contributed by atoms with Crippen LogP contribution in [0.4, 0.5) is 0 Å². The summed E-state index contributed by atoms with van der Waals surface area (Å²) in [7, 11) is 0. The van der Waals surface area contributed by atoms with Crippen LogP contribution in [0.1, 0.15) is 18.1 Å². The number of ether oxygens (including phenoxy) is 3. The topological polar surface area (TPSA) is 93.8 Å². The molecule has 8 heteroatoms. The lowest BCUT2D eigenvalue weighted by Gasteiger charge is -2.22. The van der Waals surface area contributed by atoms with E-state index in [0.29, 0.717) is 25.3 Å². The highest BCUT2D eigenvalue weighted by Gasteiger charge is 2.40. The molecule has 0 aliphatic carbocycles. The molecule has 162 valence electrons. The highest BCUT2D eigenvalue weighted by Crippen LogP contribution is 2.34. The molecule has 0 saturated carbocycles. The fourth-order valence-corrected chi connectivity index (χ4v) is 3.86. The fourth-order valence-electron chi connectivity index (χ4n) is 3.86. The Bertz CT molecular complexity index is 1270. The summed E-state index contributed by atoms with van der Waals surface area (Å²) < 4.78 is 17.0. The van der Waals surface area contributed by atoms with Gasteiger partial charge in [0.1, 0.15) is 18.0 Å². The van der Waals surface area contributed by atoms with Crippen molar-refractivity contribution in [2.24, 2.45) is 0 Å². The lowest BCUT2D eigenvalue weighted by Crippen LogP contribution is -2.27. The number of carbonyl (C=O) groups is 2. The van der Waals surface area contributed by atoms with E-state index in [0.717, 1.165) is 22.3 Å². The molecule has 0 atom stereocenters. The van der Waals surface area contributed by atoms with Crippen molar-refractivity contribution in [1.29, 1.82) is 0 Å². The number of H-pyrrole nitrogens is 1. The number of rotatable bonds is 4. The van der Waals surface area contributed by atoms with Gasteiger partial charge in [-0.3, -0.25) is 4.79 Å². The van der Waals surface area contributed by atoms with Crippen LogP contribution >= 0.6 is 0 Å². The Morgan fingerprint density at radius 2 is 2.16 bits per heavy atom. The molecule has 5 rings (SSSR count). The van der Waals surface area contributed by atoms with E-state index >= 15 is 0 Å². The summed E-state index contributed by atoms with van der Waals surface area (Å²) in [5.74, 6) is -0.172. The number of para-hydroxylation sites is 1. The predicted molar refractivity (Wildman–Crippen MR) is 116 cm³/mol. The lowest BCUT2D eigenvalue weighted by molar-refractivity contribution is -0.139. The molecule has 0 radical (unpaired) electrons. The fraction of sp³-hybridized carbons (Fsp3) is 0.208. The van der Waals surface area contributed by atoms with Gasteiger partial charge < -0.3 is 24.1 Å². The number of esters is 1. The molecule has 2 aliphatic heterocycles. The number of fused-ring (bicyclic) bond motifs is 2. The van der Waals surface area contributed by atoms with Gasteiger partial charge in [0.2, 0.25) is 11.7 Å². The van der Waals surface area contributed by atoms with E-state index in [4.69, 9.17) is 14.2 Å². The van der Waals surface area contributed by atoms with E-state index in [9.17, 15) is 9.59 Å². The molecule has 0 saturated heterocycles. The maximum absolute atomic E-state index is 13.2. The first kappa shape index (κ1) is 19.9. The second-order valence-corrected chi connectivity index (χ2v) is 7.36. The Morgan fingerprint density at radius 3 is 3.03 bits per heavy atom. The Morgan fingerprint density at radius 1 is 1.28 bits per heavy atom.